The number of hydrogen-bond donors (Lipinski definition) is 1. The number of carbonyl (C=O) groups is 1. The lowest BCUT2D eigenvalue weighted by Gasteiger charge is -2.45. The van der Waals surface area contributed by atoms with Crippen molar-refractivity contribution in [3.8, 4) is 5.75 Å². The van der Waals surface area contributed by atoms with E-state index < -0.39 is 17.7 Å². The molecule has 0 radical (unpaired) electrons. The van der Waals surface area contributed by atoms with Crippen LogP contribution < -0.4 is 24.9 Å². The molecular formula is C26H23N5O3S. The van der Waals surface area contributed by atoms with E-state index in [2.05, 4.69) is 10.4 Å². The first-order chi connectivity index (χ1) is 16.8. The van der Waals surface area contributed by atoms with Gasteiger partial charge in [0, 0.05) is 30.1 Å². The number of hydrogen-bond acceptors (Lipinski definition) is 6. The average molecular weight is 486 g/mol. The molecule has 0 unspecified atom stereocenters. The molecule has 2 aromatic carbocycles. The van der Waals surface area contributed by atoms with Crippen LogP contribution in [0.15, 0.2) is 70.7 Å². The zero-order valence-electron chi connectivity index (χ0n) is 19.4. The second-order valence-electron chi connectivity index (χ2n) is 9.05. The van der Waals surface area contributed by atoms with E-state index in [1.807, 2.05) is 81.7 Å². The molecule has 0 saturated carbocycles. The third-order valence-corrected chi connectivity index (χ3v) is 7.57. The van der Waals surface area contributed by atoms with Gasteiger partial charge in [-0.15, -0.1) is 0 Å². The molecule has 2 bridgehead atoms. The van der Waals surface area contributed by atoms with Crippen LogP contribution in [-0.4, -0.2) is 26.0 Å². The summed E-state index contributed by atoms with van der Waals surface area (Å²) in [7, 11) is 1.83. The van der Waals surface area contributed by atoms with Crippen molar-refractivity contribution in [2.24, 2.45) is 18.0 Å². The molecule has 4 heterocycles. The molecule has 0 saturated heterocycles. The summed E-state index contributed by atoms with van der Waals surface area (Å²) in [6, 6.07) is 14.6. The number of benzene rings is 2. The first kappa shape index (κ1) is 21.5. The summed E-state index contributed by atoms with van der Waals surface area (Å²) in [5.41, 5.74) is 1.93. The Labute approximate surface area is 204 Å². The molecule has 0 aliphatic carbocycles. The minimum Gasteiger partial charge on any atom is -0.465 e. The number of ether oxygens (including phenoxy) is 1. The van der Waals surface area contributed by atoms with Crippen LogP contribution in [0.3, 0.4) is 0 Å². The molecule has 2 aliphatic heterocycles. The standard InChI is InChI=1S/C26H23N5O3S/c1-15-8-4-6-10-18(15)28-23(32)21-22-17-9-5-7-11-19(17)34-26(21,2)29-25-31(22)24(33)20(35-25)12-16-13-27-30(3)14-16/h4-14,21-22H,1-3H3,(H,28,32)/b20-12+/t21-,22+,26+/m1/s1. The highest BCUT2D eigenvalue weighted by atomic mass is 32.1. The second-order valence-corrected chi connectivity index (χ2v) is 10.1. The van der Waals surface area contributed by atoms with Crippen molar-refractivity contribution in [3.63, 3.8) is 0 Å². The summed E-state index contributed by atoms with van der Waals surface area (Å²) in [6.07, 6.45) is 5.36. The molecule has 1 N–H and O–H groups in total. The lowest BCUT2D eigenvalue weighted by atomic mass is 9.80. The minimum atomic E-state index is -1.17. The van der Waals surface area contributed by atoms with Gasteiger partial charge in [-0.3, -0.25) is 18.8 Å². The van der Waals surface area contributed by atoms with E-state index in [4.69, 9.17) is 9.73 Å². The number of fused-ring (bicyclic) bond motifs is 6. The molecule has 2 aromatic heterocycles. The number of rotatable bonds is 3. The molecule has 9 heteroatoms. The van der Waals surface area contributed by atoms with E-state index >= 15 is 0 Å². The highest BCUT2D eigenvalue weighted by Gasteiger charge is 2.55. The predicted molar refractivity (Wildman–Crippen MR) is 133 cm³/mol. The molecule has 0 fully saturated rings. The quantitative estimate of drug-likeness (QED) is 0.482. The summed E-state index contributed by atoms with van der Waals surface area (Å²) in [5, 5.41) is 7.24. The van der Waals surface area contributed by atoms with Gasteiger partial charge in [0.05, 0.1) is 16.8 Å². The molecule has 3 atom stereocenters. The first-order valence-electron chi connectivity index (χ1n) is 11.3. The van der Waals surface area contributed by atoms with Gasteiger partial charge in [0.1, 0.15) is 11.7 Å². The SMILES string of the molecule is Cc1ccccc1NC(=O)[C@H]1[C@@H]2c3ccccc3O[C@]1(C)N=c1s/c(=C/c3cnn(C)c3)c(=O)n12. The molecule has 0 spiro atoms. The number of thiazole rings is 1. The normalized spacial score (nSPS) is 22.5. The van der Waals surface area contributed by atoms with Crippen LogP contribution in [0.1, 0.15) is 29.7 Å². The number of amides is 1. The summed E-state index contributed by atoms with van der Waals surface area (Å²) in [6.45, 7) is 3.76. The van der Waals surface area contributed by atoms with Gasteiger partial charge < -0.3 is 10.1 Å². The number of aromatic nitrogens is 3. The fourth-order valence-corrected chi connectivity index (χ4v) is 6.03. The van der Waals surface area contributed by atoms with Gasteiger partial charge in [-0.2, -0.15) is 5.10 Å². The Bertz CT molecular complexity index is 1670. The molecule has 4 aromatic rings. The lowest BCUT2D eigenvalue weighted by molar-refractivity contribution is -0.131. The summed E-state index contributed by atoms with van der Waals surface area (Å²) in [5.74, 6) is -0.361. The van der Waals surface area contributed by atoms with E-state index in [9.17, 15) is 9.59 Å². The Morgan fingerprint density at radius 1 is 1.20 bits per heavy atom. The molecule has 2 aliphatic rings. The van der Waals surface area contributed by atoms with E-state index in [1.165, 1.54) is 11.3 Å². The van der Waals surface area contributed by atoms with Crippen molar-refractivity contribution in [1.82, 2.24) is 14.3 Å². The third kappa shape index (κ3) is 3.42. The fraction of sp³-hybridized carbons (Fsp3) is 0.231. The van der Waals surface area contributed by atoms with Crippen LogP contribution in [0.5, 0.6) is 5.75 Å². The zero-order valence-corrected chi connectivity index (χ0v) is 20.2. The number of nitrogens with zero attached hydrogens (tertiary/aromatic N) is 4. The molecule has 1 amide bonds. The largest absolute Gasteiger partial charge is 0.465 e. The van der Waals surface area contributed by atoms with Crippen molar-refractivity contribution < 1.29 is 9.53 Å². The highest BCUT2D eigenvalue weighted by molar-refractivity contribution is 7.07. The van der Waals surface area contributed by atoms with Gasteiger partial charge in [-0.1, -0.05) is 47.7 Å². The first-order valence-corrected chi connectivity index (χ1v) is 12.1. The van der Waals surface area contributed by atoms with E-state index in [0.717, 1.165) is 22.4 Å². The average Bonchev–Trinajstić information content (AvgIpc) is 3.36. The monoisotopic (exact) mass is 485 g/mol. The lowest BCUT2D eigenvalue weighted by Crippen LogP contribution is -2.59. The second kappa shape index (κ2) is 7.78. The summed E-state index contributed by atoms with van der Waals surface area (Å²) in [4.78, 5) is 32.9. The topological polar surface area (TPSA) is 90.5 Å². The highest BCUT2D eigenvalue weighted by Crippen LogP contribution is 2.47. The molecule has 8 nitrogen and oxygen atoms in total. The number of anilines is 1. The van der Waals surface area contributed by atoms with E-state index in [-0.39, 0.29) is 11.5 Å². The zero-order chi connectivity index (χ0) is 24.3. The van der Waals surface area contributed by atoms with Gasteiger partial charge >= 0.3 is 0 Å². The van der Waals surface area contributed by atoms with Crippen molar-refractivity contribution in [1.29, 1.82) is 0 Å². The Morgan fingerprint density at radius 3 is 2.74 bits per heavy atom. The molecule has 35 heavy (non-hydrogen) atoms. The minimum absolute atomic E-state index is 0.185. The number of aryl methyl sites for hydroxylation is 2. The van der Waals surface area contributed by atoms with Gasteiger partial charge in [-0.05, 0) is 37.6 Å². The van der Waals surface area contributed by atoms with Crippen molar-refractivity contribution in [3.05, 3.63) is 97.3 Å². The Morgan fingerprint density at radius 2 is 1.97 bits per heavy atom. The van der Waals surface area contributed by atoms with Crippen LogP contribution >= 0.6 is 11.3 Å². The maximum Gasteiger partial charge on any atom is 0.270 e. The smallest absolute Gasteiger partial charge is 0.270 e. The van der Waals surface area contributed by atoms with Gasteiger partial charge in [0.15, 0.2) is 4.80 Å². The van der Waals surface area contributed by atoms with Gasteiger partial charge in [-0.25, -0.2) is 4.99 Å². The van der Waals surface area contributed by atoms with Crippen LogP contribution in [0.25, 0.3) is 6.08 Å². The van der Waals surface area contributed by atoms with E-state index in [0.29, 0.717) is 15.1 Å². The maximum absolute atomic E-state index is 13.8. The van der Waals surface area contributed by atoms with Crippen molar-refractivity contribution in [2.75, 3.05) is 5.32 Å². The number of para-hydroxylation sites is 2. The van der Waals surface area contributed by atoms with Crippen LogP contribution in [-0.2, 0) is 11.8 Å². The van der Waals surface area contributed by atoms with Gasteiger partial charge in [0.2, 0.25) is 11.6 Å². The Balaban J connectivity index is 1.54. The molecular weight excluding hydrogens is 462 g/mol. The predicted octanol–water partition coefficient (Wildman–Crippen LogP) is 2.37. The summed E-state index contributed by atoms with van der Waals surface area (Å²) >= 11 is 1.30. The van der Waals surface area contributed by atoms with Crippen LogP contribution in [0, 0.1) is 12.8 Å². The number of carbonyl (C=O) groups excluding carboxylic acids is 1. The van der Waals surface area contributed by atoms with Crippen molar-refractivity contribution >= 4 is 29.0 Å². The van der Waals surface area contributed by atoms with Gasteiger partial charge in [0.25, 0.3) is 5.56 Å². The molecule has 176 valence electrons. The van der Waals surface area contributed by atoms with Crippen LogP contribution in [0.4, 0.5) is 5.69 Å². The van der Waals surface area contributed by atoms with E-state index in [1.54, 1.807) is 15.4 Å². The maximum atomic E-state index is 13.8. The number of nitrogens with one attached hydrogen (secondary N) is 1. The molecule has 6 rings (SSSR count). The fourth-order valence-electron chi connectivity index (χ4n) is 4.93. The Kier molecular flexibility index (Phi) is 4.79. The summed E-state index contributed by atoms with van der Waals surface area (Å²) < 4.78 is 10.2. The Hall–Kier alpha value is -3.98. The third-order valence-electron chi connectivity index (χ3n) is 6.59. The van der Waals surface area contributed by atoms with Crippen molar-refractivity contribution in [2.45, 2.75) is 25.6 Å². The van der Waals surface area contributed by atoms with Crippen LogP contribution in [0.2, 0.25) is 0 Å².